The number of rotatable bonds is 8. The van der Waals surface area contributed by atoms with Gasteiger partial charge in [-0.15, -0.1) is 0 Å². The van der Waals surface area contributed by atoms with Crippen LogP contribution in [0.5, 0.6) is 0 Å². The molecule has 4 nitrogen and oxygen atoms in total. The van der Waals surface area contributed by atoms with Gasteiger partial charge in [0.05, 0.1) is 11.3 Å². The van der Waals surface area contributed by atoms with Gasteiger partial charge in [-0.3, -0.25) is 4.68 Å². The lowest BCUT2D eigenvalue weighted by atomic mass is 9.90. The van der Waals surface area contributed by atoms with Gasteiger partial charge in [-0.1, -0.05) is 6.92 Å². The van der Waals surface area contributed by atoms with E-state index in [4.69, 9.17) is 4.74 Å². The van der Waals surface area contributed by atoms with Crippen molar-refractivity contribution in [2.75, 3.05) is 13.7 Å². The minimum atomic E-state index is -0.148. The molecule has 4 heteroatoms. The predicted octanol–water partition coefficient (Wildman–Crippen LogP) is 2.80. The molecule has 0 aliphatic heterocycles. The van der Waals surface area contributed by atoms with Gasteiger partial charge in [0.15, 0.2) is 0 Å². The number of likely N-dealkylation sites (N-methyl/N-ethyl adjacent to an activating group) is 1. The summed E-state index contributed by atoms with van der Waals surface area (Å²) in [5, 5.41) is 8.02. The first-order chi connectivity index (χ1) is 8.96. The Balaban J connectivity index is 2.79. The summed E-state index contributed by atoms with van der Waals surface area (Å²) in [6, 6.07) is 2.78. The molecule has 0 radical (unpaired) electrons. The van der Waals surface area contributed by atoms with Crippen LogP contribution in [0.2, 0.25) is 0 Å². The third kappa shape index (κ3) is 4.05. The van der Waals surface area contributed by atoms with Crippen LogP contribution >= 0.6 is 0 Å². The molecule has 0 fully saturated rings. The molecule has 0 spiro atoms. The van der Waals surface area contributed by atoms with Crippen molar-refractivity contribution < 1.29 is 4.74 Å². The van der Waals surface area contributed by atoms with Crippen LogP contribution in [0.3, 0.4) is 0 Å². The van der Waals surface area contributed by atoms with Gasteiger partial charge in [-0.2, -0.15) is 5.10 Å². The second kappa shape index (κ2) is 7.06. The zero-order chi connectivity index (χ0) is 14.5. The molecule has 0 aliphatic rings. The molecule has 19 heavy (non-hydrogen) atoms. The van der Waals surface area contributed by atoms with Crippen LogP contribution in [0.4, 0.5) is 0 Å². The summed E-state index contributed by atoms with van der Waals surface area (Å²) in [5.74, 6) is 0. The molecule has 2 atom stereocenters. The summed E-state index contributed by atoms with van der Waals surface area (Å²) in [6.07, 6.45) is 3.93. The molecular formula is C15H29N3O. The molecule has 0 aromatic carbocycles. The maximum atomic E-state index is 5.96. The van der Waals surface area contributed by atoms with Crippen molar-refractivity contribution in [3.63, 3.8) is 0 Å². The SMILES string of the molecule is CCOC(C)(CC)C(Cc1ccn(C(C)C)n1)NC. The Kier molecular flexibility index (Phi) is 6.01. The highest BCUT2D eigenvalue weighted by atomic mass is 16.5. The van der Waals surface area contributed by atoms with Crippen LogP contribution in [0.15, 0.2) is 12.3 Å². The first-order valence-corrected chi connectivity index (χ1v) is 7.32. The molecule has 1 N–H and O–H groups in total. The van der Waals surface area contributed by atoms with Gasteiger partial charge in [-0.25, -0.2) is 0 Å². The zero-order valence-corrected chi connectivity index (χ0v) is 13.2. The third-order valence-electron chi connectivity index (χ3n) is 3.87. The van der Waals surface area contributed by atoms with Crippen molar-refractivity contribution in [3.8, 4) is 0 Å². The monoisotopic (exact) mass is 267 g/mol. The van der Waals surface area contributed by atoms with Crippen LogP contribution < -0.4 is 5.32 Å². The molecule has 0 aliphatic carbocycles. The second-order valence-corrected chi connectivity index (χ2v) is 5.53. The van der Waals surface area contributed by atoms with E-state index in [2.05, 4.69) is 50.4 Å². The summed E-state index contributed by atoms with van der Waals surface area (Å²) in [4.78, 5) is 0. The largest absolute Gasteiger partial charge is 0.374 e. The number of hydrogen-bond acceptors (Lipinski definition) is 3. The fourth-order valence-electron chi connectivity index (χ4n) is 2.39. The lowest BCUT2D eigenvalue weighted by molar-refractivity contribution is -0.0536. The number of nitrogens with one attached hydrogen (secondary N) is 1. The van der Waals surface area contributed by atoms with Crippen molar-refractivity contribution in [1.29, 1.82) is 0 Å². The molecule has 2 unspecified atom stereocenters. The number of hydrogen-bond donors (Lipinski definition) is 1. The van der Waals surface area contributed by atoms with Crippen molar-refractivity contribution in [2.45, 2.75) is 65.1 Å². The van der Waals surface area contributed by atoms with Crippen LogP contribution in [0.25, 0.3) is 0 Å². The molecule has 0 bridgehead atoms. The van der Waals surface area contributed by atoms with Crippen molar-refractivity contribution in [2.24, 2.45) is 0 Å². The smallest absolute Gasteiger partial charge is 0.0807 e. The zero-order valence-electron chi connectivity index (χ0n) is 13.2. The average Bonchev–Trinajstić information content (AvgIpc) is 2.84. The highest BCUT2D eigenvalue weighted by Gasteiger charge is 2.32. The molecule has 1 heterocycles. The molecular weight excluding hydrogens is 238 g/mol. The van der Waals surface area contributed by atoms with E-state index in [1.165, 1.54) is 0 Å². The van der Waals surface area contributed by atoms with Gasteiger partial charge in [0.25, 0.3) is 0 Å². The van der Waals surface area contributed by atoms with Crippen LogP contribution in [-0.2, 0) is 11.2 Å². The first-order valence-electron chi connectivity index (χ1n) is 7.32. The number of nitrogens with zero attached hydrogens (tertiary/aromatic N) is 2. The van der Waals surface area contributed by atoms with E-state index in [9.17, 15) is 0 Å². The van der Waals surface area contributed by atoms with Crippen LogP contribution in [-0.4, -0.2) is 35.1 Å². The Morgan fingerprint density at radius 2 is 2.11 bits per heavy atom. The minimum absolute atomic E-state index is 0.148. The highest BCUT2D eigenvalue weighted by Crippen LogP contribution is 2.23. The van der Waals surface area contributed by atoms with Crippen LogP contribution in [0, 0.1) is 0 Å². The molecule has 110 valence electrons. The Morgan fingerprint density at radius 3 is 2.53 bits per heavy atom. The first kappa shape index (κ1) is 16.2. The molecule has 1 aromatic rings. The second-order valence-electron chi connectivity index (χ2n) is 5.53. The van der Waals surface area contributed by atoms with Gasteiger partial charge < -0.3 is 10.1 Å². The van der Waals surface area contributed by atoms with E-state index in [-0.39, 0.29) is 11.6 Å². The Morgan fingerprint density at radius 1 is 1.42 bits per heavy atom. The summed E-state index contributed by atoms with van der Waals surface area (Å²) < 4.78 is 7.97. The Labute approximate surface area is 117 Å². The van der Waals surface area contributed by atoms with Gasteiger partial charge in [-0.05, 0) is 47.2 Å². The van der Waals surface area contributed by atoms with E-state index in [1.54, 1.807) is 0 Å². The van der Waals surface area contributed by atoms with E-state index in [0.29, 0.717) is 6.04 Å². The number of aromatic nitrogens is 2. The average molecular weight is 267 g/mol. The van der Waals surface area contributed by atoms with Crippen LogP contribution in [0.1, 0.15) is 52.8 Å². The van der Waals surface area contributed by atoms with Gasteiger partial charge in [0.1, 0.15) is 0 Å². The predicted molar refractivity (Wildman–Crippen MR) is 79.5 cm³/mol. The fraction of sp³-hybridized carbons (Fsp3) is 0.800. The van der Waals surface area contributed by atoms with E-state index in [1.807, 2.05) is 18.7 Å². The third-order valence-corrected chi connectivity index (χ3v) is 3.87. The minimum Gasteiger partial charge on any atom is -0.374 e. The molecule has 1 rings (SSSR count). The molecule has 0 amide bonds. The lowest BCUT2D eigenvalue weighted by Gasteiger charge is -2.36. The topological polar surface area (TPSA) is 39.1 Å². The molecule has 0 saturated heterocycles. The van der Waals surface area contributed by atoms with Gasteiger partial charge in [0.2, 0.25) is 0 Å². The standard InChI is InChI=1S/C15H29N3O/c1-7-15(5,19-8-2)14(16-6)11-13-9-10-18(17-13)12(3)4/h9-10,12,14,16H,7-8,11H2,1-6H3. The lowest BCUT2D eigenvalue weighted by Crippen LogP contribution is -2.50. The van der Waals surface area contributed by atoms with Crippen molar-refractivity contribution >= 4 is 0 Å². The van der Waals surface area contributed by atoms with E-state index >= 15 is 0 Å². The maximum absolute atomic E-state index is 5.96. The fourth-order valence-corrected chi connectivity index (χ4v) is 2.39. The molecule has 1 aromatic heterocycles. The van der Waals surface area contributed by atoms with Crippen molar-refractivity contribution in [1.82, 2.24) is 15.1 Å². The summed E-state index contributed by atoms with van der Waals surface area (Å²) in [6.45, 7) is 11.4. The quantitative estimate of drug-likeness (QED) is 0.787. The highest BCUT2D eigenvalue weighted by molar-refractivity contribution is 5.05. The maximum Gasteiger partial charge on any atom is 0.0807 e. The molecule has 0 saturated carbocycles. The van der Waals surface area contributed by atoms with Gasteiger partial charge >= 0.3 is 0 Å². The normalized spacial score (nSPS) is 16.6. The summed E-state index contributed by atoms with van der Waals surface area (Å²) in [7, 11) is 2.00. The summed E-state index contributed by atoms with van der Waals surface area (Å²) >= 11 is 0. The van der Waals surface area contributed by atoms with E-state index in [0.717, 1.165) is 25.1 Å². The Hall–Kier alpha value is -0.870. The number of ether oxygens (including phenoxy) is 1. The Bertz CT molecular complexity index is 375. The van der Waals surface area contributed by atoms with Crippen molar-refractivity contribution in [3.05, 3.63) is 18.0 Å². The van der Waals surface area contributed by atoms with E-state index < -0.39 is 0 Å². The van der Waals surface area contributed by atoms with Gasteiger partial charge in [0, 0.05) is 31.3 Å². The summed E-state index contributed by atoms with van der Waals surface area (Å²) in [5.41, 5.74) is 0.970.